The Morgan fingerprint density at radius 2 is 1.88 bits per heavy atom. The van der Waals surface area contributed by atoms with Crippen molar-refractivity contribution in [3.8, 4) is 0 Å². The van der Waals surface area contributed by atoms with E-state index >= 15 is 0 Å². The molecule has 1 aliphatic rings. The quantitative estimate of drug-likeness (QED) is 0.789. The number of urea groups is 1. The number of sulfonamides is 1. The van der Waals surface area contributed by atoms with Crippen molar-refractivity contribution in [1.29, 1.82) is 0 Å². The van der Waals surface area contributed by atoms with Gasteiger partial charge < -0.3 is 10.2 Å². The summed E-state index contributed by atoms with van der Waals surface area (Å²) in [5, 5.41) is 2.65. The van der Waals surface area contributed by atoms with E-state index in [2.05, 4.69) is 5.32 Å². The highest BCUT2D eigenvalue weighted by atomic mass is 32.2. The molecular weight excluding hydrogens is 242 g/mol. The van der Waals surface area contributed by atoms with E-state index in [9.17, 15) is 13.2 Å². The SMILES string of the molecule is CC/C=C/NC(=O)N1CCN(S(C)(=O)=O)CC1. The Morgan fingerprint density at radius 1 is 1.29 bits per heavy atom. The summed E-state index contributed by atoms with van der Waals surface area (Å²) in [5.41, 5.74) is 0. The van der Waals surface area contributed by atoms with Crippen LogP contribution in [0.3, 0.4) is 0 Å². The summed E-state index contributed by atoms with van der Waals surface area (Å²) in [7, 11) is -3.13. The normalized spacial score (nSPS) is 18.6. The minimum Gasteiger partial charge on any atom is -0.322 e. The molecule has 2 amide bonds. The number of piperazine rings is 1. The van der Waals surface area contributed by atoms with Crippen molar-refractivity contribution in [3.05, 3.63) is 12.3 Å². The number of nitrogens with one attached hydrogen (secondary N) is 1. The highest BCUT2D eigenvalue weighted by Crippen LogP contribution is 2.05. The fraction of sp³-hybridized carbons (Fsp3) is 0.700. The van der Waals surface area contributed by atoms with Crippen LogP contribution in [0.5, 0.6) is 0 Å². The third-order valence-corrected chi connectivity index (χ3v) is 3.86. The first-order valence-electron chi connectivity index (χ1n) is 5.60. The Morgan fingerprint density at radius 3 is 2.35 bits per heavy atom. The minimum atomic E-state index is -3.13. The van der Waals surface area contributed by atoms with E-state index in [1.54, 1.807) is 11.1 Å². The van der Waals surface area contributed by atoms with Crippen LogP contribution in [0.1, 0.15) is 13.3 Å². The summed E-state index contributed by atoms with van der Waals surface area (Å²) in [6.07, 6.45) is 5.52. The number of allylic oxidation sites excluding steroid dienone is 1. The van der Waals surface area contributed by atoms with Gasteiger partial charge in [-0.25, -0.2) is 13.2 Å². The van der Waals surface area contributed by atoms with Crippen molar-refractivity contribution in [2.75, 3.05) is 32.4 Å². The van der Waals surface area contributed by atoms with Gasteiger partial charge in [0.2, 0.25) is 10.0 Å². The standard InChI is InChI=1S/C10H19N3O3S/c1-3-4-5-11-10(14)12-6-8-13(9-7-12)17(2,15)16/h4-5H,3,6-9H2,1-2H3,(H,11,14)/b5-4+. The van der Waals surface area contributed by atoms with Crippen molar-refractivity contribution in [2.45, 2.75) is 13.3 Å². The molecular formula is C10H19N3O3S. The fourth-order valence-electron chi connectivity index (χ4n) is 1.56. The van der Waals surface area contributed by atoms with E-state index in [0.29, 0.717) is 26.2 Å². The molecule has 0 radical (unpaired) electrons. The van der Waals surface area contributed by atoms with Crippen LogP contribution in [0.4, 0.5) is 4.79 Å². The van der Waals surface area contributed by atoms with E-state index in [0.717, 1.165) is 6.42 Å². The van der Waals surface area contributed by atoms with Gasteiger partial charge in [-0.05, 0) is 6.42 Å². The lowest BCUT2D eigenvalue weighted by Gasteiger charge is -2.32. The monoisotopic (exact) mass is 261 g/mol. The zero-order valence-electron chi connectivity index (χ0n) is 10.2. The largest absolute Gasteiger partial charge is 0.322 e. The molecule has 1 rings (SSSR count). The molecule has 0 aromatic heterocycles. The van der Waals surface area contributed by atoms with Crippen LogP contribution in [0.15, 0.2) is 12.3 Å². The Hall–Kier alpha value is -1.08. The summed E-state index contributed by atoms with van der Waals surface area (Å²) in [6, 6.07) is -0.178. The van der Waals surface area contributed by atoms with Crippen LogP contribution in [-0.4, -0.2) is 56.1 Å². The summed E-state index contributed by atoms with van der Waals surface area (Å²) in [6.45, 7) is 3.57. The van der Waals surface area contributed by atoms with E-state index in [1.807, 2.05) is 13.0 Å². The van der Waals surface area contributed by atoms with Crippen LogP contribution in [0.25, 0.3) is 0 Å². The molecule has 0 bridgehead atoms. The number of hydrogen-bond donors (Lipinski definition) is 1. The maximum absolute atomic E-state index is 11.6. The maximum atomic E-state index is 11.6. The van der Waals surface area contributed by atoms with Crippen LogP contribution < -0.4 is 5.32 Å². The Kier molecular flexibility index (Phi) is 4.95. The maximum Gasteiger partial charge on any atom is 0.321 e. The summed E-state index contributed by atoms with van der Waals surface area (Å²) < 4.78 is 23.9. The van der Waals surface area contributed by atoms with Crippen molar-refractivity contribution >= 4 is 16.1 Å². The second-order valence-electron chi connectivity index (χ2n) is 3.91. The van der Waals surface area contributed by atoms with Crippen LogP contribution in [0, 0.1) is 0 Å². The molecule has 0 aromatic rings. The highest BCUT2D eigenvalue weighted by Gasteiger charge is 2.25. The number of nitrogens with zero attached hydrogens (tertiary/aromatic N) is 2. The number of rotatable bonds is 3. The van der Waals surface area contributed by atoms with Crippen molar-refractivity contribution < 1.29 is 13.2 Å². The van der Waals surface area contributed by atoms with Gasteiger partial charge in [0.25, 0.3) is 0 Å². The van der Waals surface area contributed by atoms with E-state index < -0.39 is 10.0 Å². The fourth-order valence-corrected chi connectivity index (χ4v) is 2.39. The van der Waals surface area contributed by atoms with Crippen molar-refractivity contribution in [1.82, 2.24) is 14.5 Å². The lowest BCUT2D eigenvalue weighted by Crippen LogP contribution is -2.52. The Labute approximate surface area is 102 Å². The van der Waals surface area contributed by atoms with E-state index in [1.165, 1.54) is 10.6 Å². The van der Waals surface area contributed by atoms with Gasteiger partial charge >= 0.3 is 6.03 Å². The van der Waals surface area contributed by atoms with Gasteiger partial charge in [-0.1, -0.05) is 13.0 Å². The zero-order valence-corrected chi connectivity index (χ0v) is 11.0. The average molecular weight is 261 g/mol. The third kappa shape index (κ3) is 4.35. The molecule has 0 aliphatic carbocycles. The van der Waals surface area contributed by atoms with Crippen molar-refractivity contribution in [2.24, 2.45) is 0 Å². The molecule has 6 nitrogen and oxygen atoms in total. The van der Waals surface area contributed by atoms with Crippen LogP contribution in [0.2, 0.25) is 0 Å². The van der Waals surface area contributed by atoms with E-state index in [-0.39, 0.29) is 6.03 Å². The summed E-state index contributed by atoms with van der Waals surface area (Å²) >= 11 is 0. The smallest absolute Gasteiger partial charge is 0.321 e. The van der Waals surface area contributed by atoms with Gasteiger partial charge in [-0.3, -0.25) is 0 Å². The molecule has 1 fully saturated rings. The molecule has 0 unspecified atom stereocenters. The predicted molar refractivity (Wildman–Crippen MR) is 66.0 cm³/mol. The van der Waals surface area contributed by atoms with Gasteiger partial charge in [0.1, 0.15) is 0 Å². The Balaban J connectivity index is 2.41. The van der Waals surface area contributed by atoms with E-state index in [4.69, 9.17) is 0 Å². The molecule has 0 aromatic carbocycles. The lowest BCUT2D eigenvalue weighted by molar-refractivity contribution is 0.176. The molecule has 1 N–H and O–H groups in total. The molecule has 1 heterocycles. The number of amides is 2. The molecule has 0 saturated carbocycles. The molecule has 17 heavy (non-hydrogen) atoms. The highest BCUT2D eigenvalue weighted by molar-refractivity contribution is 7.88. The average Bonchev–Trinajstić information content (AvgIpc) is 2.28. The first kappa shape index (κ1) is 14.0. The molecule has 98 valence electrons. The van der Waals surface area contributed by atoms with Gasteiger partial charge in [-0.15, -0.1) is 0 Å². The first-order valence-corrected chi connectivity index (χ1v) is 7.45. The number of carbonyl (C=O) groups is 1. The molecule has 0 atom stereocenters. The first-order chi connectivity index (χ1) is 7.95. The van der Waals surface area contributed by atoms with Gasteiger partial charge in [-0.2, -0.15) is 4.31 Å². The molecule has 1 aliphatic heterocycles. The van der Waals surface area contributed by atoms with Crippen molar-refractivity contribution in [3.63, 3.8) is 0 Å². The second-order valence-corrected chi connectivity index (χ2v) is 5.89. The minimum absolute atomic E-state index is 0.178. The Bertz CT molecular complexity index is 384. The summed E-state index contributed by atoms with van der Waals surface area (Å²) in [5.74, 6) is 0. The molecule has 1 saturated heterocycles. The van der Waals surface area contributed by atoms with Gasteiger partial charge in [0.15, 0.2) is 0 Å². The van der Waals surface area contributed by atoms with Crippen LogP contribution >= 0.6 is 0 Å². The summed E-state index contributed by atoms with van der Waals surface area (Å²) in [4.78, 5) is 13.2. The third-order valence-electron chi connectivity index (χ3n) is 2.56. The molecule has 0 spiro atoms. The topological polar surface area (TPSA) is 69.7 Å². The predicted octanol–water partition coefficient (Wildman–Crippen LogP) is 0.197. The number of hydrogen-bond acceptors (Lipinski definition) is 3. The molecule has 7 heteroatoms. The second kappa shape index (κ2) is 6.02. The van der Waals surface area contributed by atoms with Gasteiger partial charge in [0.05, 0.1) is 6.26 Å². The van der Waals surface area contributed by atoms with Crippen LogP contribution in [-0.2, 0) is 10.0 Å². The van der Waals surface area contributed by atoms with Gasteiger partial charge in [0, 0.05) is 32.4 Å². The zero-order chi connectivity index (χ0) is 12.9. The lowest BCUT2D eigenvalue weighted by atomic mass is 10.4. The number of carbonyl (C=O) groups excluding carboxylic acids is 1.